The first-order chi connectivity index (χ1) is 11.2. The molecule has 2 N–H and O–H groups in total. The minimum atomic E-state index is -0.346. The van der Waals surface area contributed by atoms with Gasteiger partial charge in [0.1, 0.15) is 5.69 Å². The Labute approximate surface area is 142 Å². The van der Waals surface area contributed by atoms with Crippen molar-refractivity contribution in [3.63, 3.8) is 0 Å². The Hall–Kier alpha value is -2.69. The summed E-state index contributed by atoms with van der Waals surface area (Å²) < 4.78 is 0. The van der Waals surface area contributed by atoms with Crippen molar-refractivity contribution in [3.8, 4) is 0 Å². The molecule has 0 aliphatic carbocycles. The molecule has 1 aromatic heterocycles. The van der Waals surface area contributed by atoms with Gasteiger partial charge in [0.05, 0.1) is 0 Å². The molecule has 1 heterocycles. The number of nitrogens with one attached hydrogen (secondary N) is 2. The Morgan fingerprint density at radius 1 is 1.00 bits per heavy atom. The molecule has 2 aromatic rings. The molecule has 24 heavy (non-hydrogen) atoms. The van der Waals surface area contributed by atoms with Crippen molar-refractivity contribution in [2.45, 2.75) is 40.2 Å². The van der Waals surface area contributed by atoms with Gasteiger partial charge in [0.2, 0.25) is 0 Å². The van der Waals surface area contributed by atoms with E-state index in [2.05, 4.69) is 15.6 Å². The molecule has 1 aromatic carbocycles. The Bertz CT molecular complexity index is 756. The van der Waals surface area contributed by atoms with Gasteiger partial charge in [-0.05, 0) is 57.9 Å². The SMILES string of the molecule is Cc1cccc(C)c1NC(=O)c1cc(C(=O)NC(C)(C)C)ccn1. The predicted octanol–water partition coefficient (Wildman–Crippen LogP) is 3.48. The summed E-state index contributed by atoms with van der Waals surface area (Å²) in [6.07, 6.45) is 1.47. The third-order valence-electron chi connectivity index (χ3n) is 3.46. The number of carbonyl (C=O) groups excluding carboxylic acids is 2. The molecule has 0 aliphatic heterocycles. The second kappa shape index (κ2) is 6.83. The second-order valence-corrected chi connectivity index (χ2v) is 6.85. The maximum atomic E-state index is 12.5. The van der Waals surface area contributed by atoms with E-state index in [1.54, 1.807) is 6.07 Å². The average Bonchev–Trinajstić information content (AvgIpc) is 2.49. The van der Waals surface area contributed by atoms with Gasteiger partial charge in [-0.1, -0.05) is 18.2 Å². The van der Waals surface area contributed by atoms with Crippen LogP contribution in [0, 0.1) is 13.8 Å². The van der Waals surface area contributed by atoms with Crippen LogP contribution in [0.1, 0.15) is 52.7 Å². The summed E-state index contributed by atoms with van der Waals surface area (Å²) in [7, 11) is 0. The van der Waals surface area contributed by atoms with Crippen molar-refractivity contribution in [2.24, 2.45) is 0 Å². The molecule has 0 aliphatic rings. The quantitative estimate of drug-likeness (QED) is 0.907. The standard InChI is InChI=1S/C19H23N3O2/c1-12-7-6-8-13(2)16(12)21-18(24)15-11-14(9-10-20-15)17(23)22-19(3,4)5/h6-11H,1-5H3,(H,21,24)(H,22,23). The third kappa shape index (κ3) is 4.41. The number of aromatic nitrogens is 1. The van der Waals surface area contributed by atoms with Gasteiger partial charge in [-0.15, -0.1) is 0 Å². The van der Waals surface area contributed by atoms with Crippen molar-refractivity contribution in [2.75, 3.05) is 5.32 Å². The van der Waals surface area contributed by atoms with Gasteiger partial charge in [-0.2, -0.15) is 0 Å². The van der Waals surface area contributed by atoms with Crippen LogP contribution in [0.25, 0.3) is 0 Å². The smallest absolute Gasteiger partial charge is 0.274 e. The minimum absolute atomic E-state index is 0.208. The van der Waals surface area contributed by atoms with E-state index in [0.29, 0.717) is 5.56 Å². The normalized spacial score (nSPS) is 11.0. The molecule has 0 saturated heterocycles. The maximum Gasteiger partial charge on any atom is 0.274 e. The largest absolute Gasteiger partial charge is 0.347 e. The molecule has 126 valence electrons. The lowest BCUT2D eigenvalue weighted by Crippen LogP contribution is -2.40. The number of amides is 2. The second-order valence-electron chi connectivity index (χ2n) is 6.85. The first-order valence-electron chi connectivity index (χ1n) is 7.83. The van der Waals surface area contributed by atoms with E-state index in [4.69, 9.17) is 0 Å². The number of nitrogens with zero attached hydrogens (tertiary/aromatic N) is 1. The van der Waals surface area contributed by atoms with E-state index in [1.165, 1.54) is 12.3 Å². The maximum absolute atomic E-state index is 12.5. The molecular formula is C19H23N3O2. The highest BCUT2D eigenvalue weighted by Crippen LogP contribution is 2.20. The van der Waals surface area contributed by atoms with E-state index in [-0.39, 0.29) is 23.0 Å². The number of aryl methyl sites for hydroxylation is 2. The van der Waals surface area contributed by atoms with E-state index >= 15 is 0 Å². The van der Waals surface area contributed by atoms with Crippen LogP contribution in [0.3, 0.4) is 0 Å². The average molecular weight is 325 g/mol. The van der Waals surface area contributed by atoms with E-state index in [0.717, 1.165) is 16.8 Å². The Balaban J connectivity index is 2.22. The molecule has 0 radical (unpaired) electrons. The van der Waals surface area contributed by atoms with Crippen molar-refractivity contribution >= 4 is 17.5 Å². The van der Waals surface area contributed by atoms with Crippen LogP contribution in [0.2, 0.25) is 0 Å². The zero-order valence-corrected chi connectivity index (χ0v) is 14.7. The Morgan fingerprint density at radius 2 is 1.62 bits per heavy atom. The molecule has 0 fully saturated rings. The van der Waals surface area contributed by atoms with Crippen molar-refractivity contribution < 1.29 is 9.59 Å². The zero-order valence-electron chi connectivity index (χ0n) is 14.7. The molecule has 2 amide bonds. The van der Waals surface area contributed by atoms with Gasteiger partial charge in [0.15, 0.2) is 0 Å². The molecule has 5 nitrogen and oxygen atoms in total. The highest BCUT2D eigenvalue weighted by molar-refractivity contribution is 6.05. The first-order valence-corrected chi connectivity index (χ1v) is 7.83. The number of rotatable bonds is 3. The van der Waals surface area contributed by atoms with Gasteiger partial charge >= 0.3 is 0 Å². The Morgan fingerprint density at radius 3 is 2.21 bits per heavy atom. The molecule has 2 rings (SSSR count). The highest BCUT2D eigenvalue weighted by Gasteiger charge is 2.17. The lowest BCUT2D eigenvalue weighted by molar-refractivity contribution is 0.0919. The highest BCUT2D eigenvalue weighted by atomic mass is 16.2. The number of anilines is 1. The lowest BCUT2D eigenvalue weighted by Gasteiger charge is -2.20. The molecule has 0 saturated carbocycles. The summed E-state index contributed by atoms with van der Waals surface area (Å²) in [4.78, 5) is 28.8. The minimum Gasteiger partial charge on any atom is -0.347 e. The van der Waals surface area contributed by atoms with Gasteiger partial charge < -0.3 is 10.6 Å². The van der Waals surface area contributed by atoms with Crippen molar-refractivity contribution in [1.29, 1.82) is 0 Å². The summed E-state index contributed by atoms with van der Waals surface area (Å²) >= 11 is 0. The lowest BCUT2D eigenvalue weighted by atomic mass is 10.1. The molecule has 0 spiro atoms. The van der Waals surface area contributed by atoms with Crippen LogP contribution in [0.5, 0.6) is 0 Å². The summed E-state index contributed by atoms with van der Waals surface area (Å²) in [5.41, 5.74) is 3.00. The topological polar surface area (TPSA) is 71.1 Å². The summed E-state index contributed by atoms with van der Waals surface area (Å²) in [6.45, 7) is 9.58. The van der Waals surface area contributed by atoms with Crippen LogP contribution in [-0.4, -0.2) is 22.3 Å². The van der Waals surface area contributed by atoms with Crippen LogP contribution in [0.4, 0.5) is 5.69 Å². The fourth-order valence-corrected chi connectivity index (χ4v) is 2.30. The van der Waals surface area contributed by atoms with Crippen LogP contribution < -0.4 is 10.6 Å². The van der Waals surface area contributed by atoms with Crippen LogP contribution in [-0.2, 0) is 0 Å². The molecular weight excluding hydrogens is 302 g/mol. The fraction of sp³-hybridized carbons (Fsp3) is 0.316. The van der Waals surface area contributed by atoms with Gasteiger partial charge in [-0.25, -0.2) is 0 Å². The number of benzene rings is 1. The molecule has 0 unspecified atom stereocenters. The van der Waals surface area contributed by atoms with Crippen LogP contribution >= 0.6 is 0 Å². The van der Waals surface area contributed by atoms with E-state index in [1.807, 2.05) is 52.8 Å². The number of hydrogen-bond acceptors (Lipinski definition) is 3. The number of hydrogen-bond donors (Lipinski definition) is 2. The number of pyridine rings is 1. The predicted molar refractivity (Wildman–Crippen MR) is 95.3 cm³/mol. The number of para-hydroxylation sites is 1. The van der Waals surface area contributed by atoms with Crippen LogP contribution in [0.15, 0.2) is 36.5 Å². The monoisotopic (exact) mass is 325 g/mol. The molecule has 5 heteroatoms. The zero-order chi connectivity index (χ0) is 17.9. The summed E-state index contributed by atoms with van der Waals surface area (Å²) in [5.74, 6) is -0.566. The summed E-state index contributed by atoms with van der Waals surface area (Å²) in [6, 6.07) is 8.91. The van der Waals surface area contributed by atoms with Crippen molar-refractivity contribution in [3.05, 3.63) is 58.9 Å². The van der Waals surface area contributed by atoms with Gasteiger partial charge in [-0.3, -0.25) is 14.6 Å². The summed E-state index contributed by atoms with van der Waals surface area (Å²) in [5, 5.41) is 5.75. The third-order valence-corrected chi connectivity index (χ3v) is 3.46. The van der Waals surface area contributed by atoms with Gasteiger partial charge in [0, 0.05) is 23.0 Å². The number of carbonyl (C=O) groups is 2. The van der Waals surface area contributed by atoms with Gasteiger partial charge in [0.25, 0.3) is 11.8 Å². The van der Waals surface area contributed by atoms with E-state index in [9.17, 15) is 9.59 Å². The van der Waals surface area contributed by atoms with E-state index < -0.39 is 0 Å². The Kier molecular flexibility index (Phi) is 5.02. The molecule has 0 atom stereocenters. The molecule has 0 bridgehead atoms. The van der Waals surface area contributed by atoms with Crippen molar-refractivity contribution in [1.82, 2.24) is 10.3 Å². The first kappa shape index (κ1) is 17.7. The fourth-order valence-electron chi connectivity index (χ4n) is 2.30.